The van der Waals surface area contributed by atoms with Crippen molar-refractivity contribution in [3.8, 4) is 0 Å². The van der Waals surface area contributed by atoms with Gasteiger partial charge in [0.2, 0.25) is 5.91 Å². The third kappa shape index (κ3) is 4.94. The Morgan fingerprint density at radius 1 is 1.10 bits per heavy atom. The highest BCUT2D eigenvalue weighted by Crippen LogP contribution is 2.25. The predicted octanol–water partition coefficient (Wildman–Crippen LogP) is 5.00. The van der Waals surface area contributed by atoms with E-state index in [9.17, 15) is 4.79 Å². The second kappa shape index (κ2) is 9.31. The number of carbonyl (C=O) groups is 1. The first kappa shape index (κ1) is 21.1. The summed E-state index contributed by atoms with van der Waals surface area (Å²) in [5.74, 6) is 0.909. The van der Waals surface area contributed by atoms with Gasteiger partial charge in [0.15, 0.2) is 0 Å². The number of nitrogens with one attached hydrogen (secondary N) is 1. The van der Waals surface area contributed by atoms with Crippen LogP contribution in [0, 0.1) is 13.8 Å². The summed E-state index contributed by atoms with van der Waals surface area (Å²) in [5.41, 5.74) is 6.41. The summed E-state index contributed by atoms with van der Waals surface area (Å²) in [4.78, 5) is 21.5. The van der Waals surface area contributed by atoms with Crippen molar-refractivity contribution in [3.63, 3.8) is 0 Å². The van der Waals surface area contributed by atoms with Crippen LogP contribution in [0.2, 0.25) is 5.02 Å². The maximum Gasteiger partial charge on any atom is 0.222 e. The van der Waals surface area contributed by atoms with Gasteiger partial charge in [0.1, 0.15) is 5.82 Å². The van der Waals surface area contributed by atoms with Crippen LogP contribution < -0.4 is 5.32 Å². The average molecular weight is 433 g/mol. The zero-order chi connectivity index (χ0) is 21.8. The molecular weight excluding hydrogens is 408 g/mol. The standard InChI is InChI=1S/C25H25ClN4O/c1-17-12-22-23(13-18(17)2)30(24(29-22)14-20-7-3-4-8-21(20)26)11-9-25(31)28-16-19-6-5-10-27-15-19/h3-8,10,12-13,15H,9,11,14,16H2,1-2H3,(H,28,31). The SMILES string of the molecule is Cc1cc2nc(Cc3ccccc3Cl)n(CCC(=O)NCc3cccnc3)c2cc1C. The fourth-order valence-electron chi connectivity index (χ4n) is 3.63. The Bertz CT molecular complexity index is 1220. The van der Waals surface area contributed by atoms with Crippen LogP contribution in [0.1, 0.15) is 34.5 Å². The van der Waals surface area contributed by atoms with E-state index in [0.717, 1.165) is 33.0 Å². The lowest BCUT2D eigenvalue weighted by molar-refractivity contribution is -0.121. The smallest absolute Gasteiger partial charge is 0.222 e. The van der Waals surface area contributed by atoms with Gasteiger partial charge < -0.3 is 9.88 Å². The predicted molar refractivity (Wildman–Crippen MR) is 124 cm³/mol. The van der Waals surface area contributed by atoms with Gasteiger partial charge in [-0.05, 0) is 60.4 Å². The van der Waals surface area contributed by atoms with Crippen LogP contribution in [0.15, 0.2) is 60.9 Å². The van der Waals surface area contributed by atoms with Crippen LogP contribution in [0.3, 0.4) is 0 Å². The number of nitrogens with zero attached hydrogens (tertiary/aromatic N) is 3. The van der Waals surface area contributed by atoms with Crippen molar-refractivity contribution in [3.05, 3.63) is 94.0 Å². The monoisotopic (exact) mass is 432 g/mol. The first-order chi connectivity index (χ1) is 15.0. The molecule has 0 unspecified atom stereocenters. The Labute approximate surface area is 187 Å². The zero-order valence-electron chi connectivity index (χ0n) is 17.7. The number of rotatable bonds is 7. The number of carbonyl (C=O) groups excluding carboxylic acids is 1. The van der Waals surface area contributed by atoms with E-state index in [-0.39, 0.29) is 5.91 Å². The Hall–Kier alpha value is -3.18. The number of imidazole rings is 1. The summed E-state index contributed by atoms with van der Waals surface area (Å²) >= 11 is 6.40. The topological polar surface area (TPSA) is 59.8 Å². The molecule has 2 heterocycles. The third-order valence-electron chi connectivity index (χ3n) is 5.52. The molecule has 0 saturated carbocycles. The number of aryl methyl sites for hydroxylation is 3. The van der Waals surface area contributed by atoms with Crippen LogP contribution >= 0.6 is 11.6 Å². The van der Waals surface area contributed by atoms with Gasteiger partial charge in [-0.2, -0.15) is 0 Å². The van der Waals surface area contributed by atoms with Gasteiger partial charge in [0.05, 0.1) is 11.0 Å². The quantitative estimate of drug-likeness (QED) is 0.447. The van der Waals surface area contributed by atoms with Gasteiger partial charge in [-0.1, -0.05) is 35.9 Å². The van der Waals surface area contributed by atoms with Crippen molar-refractivity contribution >= 4 is 28.5 Å². The molecule has 2 aromatic carbocycles. The van der Waals surface area contributed by atoms with E-state index < -0.39 is 0 Å². The highest BCUT2D eigenvalue weighted by molar-refractivity contribution is 6.31. The number of hydrogen-bond donors (Lipinski definition) is 1. The average Bonchev–Trinajstić information content (AvgIpc) is 3.09. The molecule has 4 rings (SSSR count). The Balaban J connectivity index is 1.56. The van der Waals surface area contributed by atoms with Crippen molar-refractivity contribution < 1.29 is 4.79 Å². The van der Waals surface area contributed by atoms with E-state index in [1.54, 1.807) is 12.4 Å². The Kier molecular flexibility index (Phi) is 6.33. The maximum atomic E-state index is 12.5. The number of amides is 1. The van der Waals surface area contributed by atoms with E-state index in [0.29, 0.717) is 25.9 Å². The molecular formula is C25H25ClN4O. The van der Waals surface area contributed by atoms with Crippen molar-refractivity contribution in [1.29, 1.82) is 0 Å². The van der Waals surface area contributed by atoms with Gasteiger partial charge in [-0.15, -0.1) is 0 Å². The molecule has 1 N–H and O–H groups in total. The van der Waals surface area contributed by atoms with Crippen molar-refractivity contribution in [2.24, 2.45) is 0 Å². The fraction of sp³-hybridized carbons (Fsp3) is 0.240. The highest BCUT2D eigenvalue weighted by Gasteiger charge is 2.15. The molecule has 0 atom stereocenters. The molecule has 0 bridgehead atoms. The summed E-state index contributed by atoms with van der Waals surface area (Å²) in [6, 6.07) is 15.9. The van der Waals surface area contributed by atoms with Gasteiger partial charge in [-0.25, -0.2) is 4.98 Å². The normalized spacial score (nSPS) is 11.1. The third-order valence-corrected chi connectivity index (χ3v) is 5.89. The molecule has 0 aliphatic rings. The molecule has 0 spiro atoms. The first-order valence-corrected chi connectivity index (χ1v) is 10.7. The lowest BCUT2D eigenvalue weighted by Crippen LogP contribution is -2.24. The lowest BCUT2D eigenvalue weighted by atomic mass is 10.1. The lowest BCUT2D eigenvalue weighted by Gasteiger charge is -2.11. The molecule has 2 aromatic heterocycles. The molecule has 0 saturated heterocycles. The molecule has 4 aromatic rings. The molecule has 0 fully saturated rings. The summed E-state index contributed by atoms with van der Waals surface area (Å²) in [6.45, 7) is 5.22. The minimum absolute atomic E-state index is 0.00164. The summed E-state index contributed by atoms with van der Waals surface area (Å²) < 4.78 is 2.15. The Morgan fingerprint density at radius 3 is 2.68 bits per heavy atom. The van der Waals surface area contributed by atoms with Crippen LogP contribution in [0.5, 0.6) is 0 Å². The first-order valence-electron chi connectivity index (χ1n) is 10.4. The van der Waals surface area contributed by atoms with E-state index in [2.05, 4.69) is 40.8 Å². The summed E-state index contributed by atoms with van der Waals surface area (Å²) in [5, 5.41) is 3.70. The number of benzene rings is 2. The minimum atomic E-state index is -0.00164. The van der Waals surface area contributed by atoms with Crippen molar-refractivity contribution in [2.45, 2.75) is 39.8 Å². The van der Waals surface area contributed by atoms with Crippen molar-refractivity contribution in [1.82, 2.24) is 19.9 Å². The zero-order valence-corrected chi connectivity index (χ0v) is 18.5. The number of pyridine rings is 1. The molecule has 5 nitrogen and oxygen atoms in total. The maximum absolute atomic E-state index is 12.5. The summed E-state index contributed by atoms with van der Waals surface area (Å²) in [6.07, 6.45) is 4.47. The minimum Gasteiger partial charge on any atom is -0.352 e. The number of halogens is 1. The molecule has 31 heavy (non-hydrogen) atoms. The van der Waals surface area contributed by atoms with E-state index in [4.69, 9.17) is 16.6 Å². The van der Waals surface area contributed by atoms with Crippen LogP contribution in [-0.2, 0) is 24.3 Å². The molecule has 0 radical (unpaired) electrons. The fourth-order valence-corrected chi connectivity index (χ4v) is 3.83. The Morgan fingerprint density at radius 2 is 1.90 bits per heavy atom. The van der Waals surface area contributed by atoms with E-state index >= 15 is 0 Å². The molecule has 1 amide bonds. The number of fused-ring (bicyclic) bond motifs is 1. The van der Waals surface area contributed by atoms with E-state index in [1.165, 1.54) is 11.1 Å². The molecule has 6 heteroatoms. The molecule has 0 aliphatic heterocycles. The second-order valence-electron chi connectivity index (χ2n) is 7.76. The summed E-state index contributed by atoms with van der Waals surface area (Å²) in [7, 11) is 0. The van der Waals surface area contributed by atoms with Gasteiger partial charge in [0, 0.05) is 43.3 Å². The largest absolute Gasteiger partial charge is 0.352 e. The van der Waals surface area contributed by atoms with Gasteiger partial charge in [0.25, 0.3) is 0 Å². The van der Waals surface area contributed by atoms with Crippen LogP contribution in [0.4, 0.5) is 0 Å². The van der Waals surface area contributed by atoms with Gasteiger partial charge in [-0.3, -0.25) is 9.78 Å². The van der Waals surface area contributed by atoms with Crippen LogP contribution in [-0.4, -0.2) is 20.4 Å². The van der Waals surface area contributed by atoms with E-state index in [1.807, 2.05) is 36.4 Å². The number of aromatic nitrogens is 3. The van der Waals surface area contributed by atoms with Crippen molar-refractivity contribution in [2.75, 3.05) is 0 Å². The number of hydrogen-bond acceptors (Lipinski definition) is 3. The highest BCUT2D eigenvalue weighted by atomic mass is 35.5. The van der Waals surface area contributed by atoms with Gasteiger partial charge >= 0.3 is 0 Å². The molecule has 158 valence electrons. The second-order valence-corrected chi connectivity index (χ2v) is 8.17. The van der Waals surface area contributed by atoms with Crippen LogP contribution in [0.25, 0.3) is 11.0 Å². The molecule has 0 aliphatic carbocycles.